The number of amides is 1. The fourth-order valence-corrected chi connectivity index (χ4v) is 2.77. The number of rotatable bonds is 7. The first-order valence-electron chi connectivity index (χ1n) is 7.82. The van der Waals surface area contributed by atoms with Gasteiger partial charge in [0.05, 0.1) is 16.2 Å². The molecule has 0 saturated carbocycles. The highest BCUT2D eigenvalue weighted by Gasteiger charge is 2.30. The molecule has 0 unspecified atom stereocenters. The van der Waals surface area contributed by atoms with E-state index in [9.17, 15) is 4.79 Å². The van der Waals surface area contributed by atoms with Gasteiger partial charge in [-0.1, -0.05) is 13.8 Å². The van der Waals surface area contributed by atoms with Crippen LogP contribution in [-0.4, -0.2) is 28.8 Å². The Bertz CT molecular complexity index is 476. The number of aryl methyl sites for hydroxylation is 1. The van der Waals surface area contributed by atoms with Crippen LogP contribution in [0.3, 0.4) is 0 Å². The van der Waals surface area contributed by atoms with Crippen LogP contribution < -0.4 is 10.6 Å². The third-order valence-electron chi connectivity index (χ3n) is 3.56. The van der Waals surface area contributed by atoms with Crippen molar-refractivity contribution in [2.75, 3.05) is 6.54 Å². The maximum atomic E-state index is 12.1. The van der Waals surface area contributed by atoms with E-state index in [0.717, 1.165) is 23.5 Å². The first-order chi connectivity index (χ1) is 10.2. The van der Waals surface area contributed by atoms with Gasteiger partial charge in [-0.2, -0.15) is 0 Å². The van der Waals surface area contributed by atoms with Gasteiger partial charge in [-0.3, -0.25) is 0 Å². The Hall–Kier alpha value is -1.14. The molecule has 1 heterocycles. The summed E-state index contributed by atoms with van der Waals surface area (Å²) < 4.78 is 5.38. The maximum absolute atomic E-state index is 12.1. The van der Waals surface area contributed by atoms with Gasteiger partial charge in [0.2, 0.25) is 0 Å². The summed E-state index contributed by atoms with van der Waals surface area (Å²) in [5.41, 5.74) is 0.261. The molecule has 5 nitrogen and oxygen atoms in total. The highest BCUT2D eigenvalue weighted by molar-refractivity contribution is 7.09. The second-order valence-corrected chi connectivity index (χ2v) is 7.64. The van der Waals surface area contributed by atoms with Crippen molar-refractivity contribution >= 4 is 17.4 Å². The maximum Gasteiger partial charge on any atom is 0.408 e. The largest absolute Gasteiger partial charge is 0.444 e. The van der Waals surface area contributed by atoms with Gasteiger partial charge in [0.25, 0.3) is 0 Å². The monoisotopic (exact) mass is 327 g/mol. The minimum atomic E-state index is -0.483. The van der Waals surface area contributed by atoms with Crippen LogP contribution in [0.25, 0.3) is 0 Å². The SMILES string of the molecule is CCC(CC)(CNCc1csc(C)n1)NC(=O)OC(C)(C)C. The molecule has 0 spiro atoms. The molecule has 0 bridgehead atoms. The molecule has 1 rings (SSSR count). The van der Waals surface area contributed by atoms with Gasteiger partial charge in [-0.25, -0.2) is 9.78 Å². The van der Waals surface area contributed by atoms with Crippen molar-refractivity contribution in [1.29, 1.82) is 0 Å². The number of carbonyl (C=O) groups is 1. The molecule has 1 aromatic heterocycles. The lowest BCUT2D eigenvalue weighted by Crippen LogP contribution is -2.55. The van der Waals surface area contributed by atoms with E-state index in [4.69, 9.17) is 4.74 Å². The summed E-state index contributed by atoms with van der Waals surface area (Å²) >= 11 is 1.65. The Morgan fingerprint density at radius 1 is 1.32 bits per heavy atom. The van der Waals surface area contributed by atoms with Crippen LogP contribution >= 0.6 is 11.3 Å². The van der Waals surface area contributed by atoms with Crippen molar-refractivity contribution in [1.82, 2.24) is 15.6 Å². The molecule has 1 amide bonds. The van der Waals surface area contributed by atoms with Crippen molar-refractivity contribution < 1.29 is 9.53 Å². The summed E-state index contributed by atoms with van der Waals surface area (Å²) in [4.78, 5) is 16.5. The molecule has 22 heavy (non-hydrogen) atoms. The van der Waals surface area contributed by atoms with E-state index < -0.39 is 5.60 Å². The van der Waals surface area contributed by atoms with Gasteiger partial charge in [0.1, 0.15) is 5.60 Å². The lowest BCUT2D eigenvalue weighted by molar-refractivity contribution is 0.0446. The molecule has 0 saturated heterocycles. The zero-order valence-electron chi connectivity index (χ0n) is 14.6. The summed E-state index contributed by atoms with van der Waals surface area (Å²) in [6.45, 7) is 13.2. The number of hydrogen-bond acceptors (Lipinski definition) is 5. The van der Waals surface area contributed by atoms with E-state index in [1.807, 2.05) is 27.7 Å². The predicted molar refractivity (Wildman–Crippen MR) is 91.2 cm³/mol. The van der Waals surface area contributed by atoms with Crippen LogP contribution in [0.4, 0.5) is 4.79 Å². The molecule has 0 atom stereocenters. The first-order valence-corrected chi connectivity index (χ1v) is 8.70. The third-order valence-corrected chi connectivity index (χ3v) is 4.38. The summed E-state index contributed by atoms with van der Waals surface area (Å²) in [6, 6.07) is 0. The number of nitrogens with zero attached hydrogens (tertiary/aromatic N) is 1. The standard InChI is InChI=1S/C16H29N3O2S/c1-7-16(8-2,19-14(20)21-15(4,5)6)11-17-9-13-10-22-12(3)18-13/h10,17H,7-9,11H2,1-6H3,(H,19,20). The summed E-state index contributed by atoms with van der Waals surface area (Å²) in [5, 5.41) is 9.57. The number of nitrogens with one attached hydrogen (secondary N) is 2. The molecule has 0 radical (unpaired) electrons. The van der Waals surface area contributed by atoms with Gasteiger partial charge in [-0.15, -0.1) is 11.3 Å². The van der Waals surface area contributed by atoms with Crippen LogP contribution in [0.2, 0.25) is 0 Å². The number of thiazole rings is 1. The van der Waals surface area contributed by atoms with Crippen LogP contribution in [0.1, 0.15) is 58.2 Å². The molecule has 2 N–H and O–H groups in total. The molecule has 0 aliphatic heterocycles. The second kappa shape index (κ2) is 7.92. The minimum Gasteiger partial charge on any atom is -0.444 e. The van der Waals surface area contributed by atoms with Crippen molar-refractivity contribution in [3.8, 4) is 0 Å². The van der Waals surface area contributed by atoms with Crippen LogP contribution in [-0.2, 0) is 11.3 Å². The van der Waals surface area contributed by atoms with Crippen molar-refractivity contribution in [3.63, 3.8) is 0 Å². The van der Waals surface area contributed by atoms with E-state index in [0.29, 0.717) is 13.1 Å². The van der Waals surface area contributed by atoms with Gasteiger partial charge < -0.3 is 15.4 Å². The third kappa shape index (κ3) is 6.32. The lowest BCUT2D eigenvalue weighted by atomic mass is 9.93. The van der Waals surface area contributed by atoms with Crippen LogP contribution in [0, 0.1) is 6.92 Å². The second-order valence-electron chi connectivity index (χ2n) is 6.58. The molecule has 0 aromatic carbocycles. The minimum absolute atomic E-state index is 0.298. The number of carbonyl (C=O) groups excluding carboxylic acids is 1. The number of aromatic nitrogens is 1. The molecule has 126 valence electrons. The molecular formula is C16H29N3O2S. The van der Waals surface area contributed by atoms with E-state index in [2.05, 4.69) is 34.8 Å². The van der Waals surface area contributed by atoms with Gasteiger partial charge in [-0.05, 0) is 40.5 Å². The zero-order chi connectivity index (χ0) is 16.8. The fraction of sp³-hybridized carbons (Fsp3) is 0.750. The fourth-order valence-electron chi connectivity index (χ4n) is 2.16. The Labute approximate surface area is 137 Å². The average Bonchev–Trinajstić information content (AvgIpc) is 2.81. The van der Waals surface area contributed by atoms with Crippen molar-refractivity contribution in [2.45, 2.75) is 72.1 Å². The number of alkyl carbamates (subject to hydrolysis) is 1. The summed E-state index contributed by atoms with van der Waals surface area (Å²) in [5.74, 6) is 0. The molecule has 1 aromatic rings. The summed E-state index contributed by atoms with van der Waals surface area (Å²) in [6.07, 6.45) is 1.32. The van der Waals surface area contributed by atoms with Crippen LogP contribution in [0.15, 0.2) is 5.38 Å². The van der Waals surface area contributed by atoms with E-state index in [1.165, 1.54) is 0 Å². The molecule has 0 fully saturated rings. The van der Waals surface area contributed by atoms with Gasteiger partial charge in [0, 0.05) is 18.5 Å². The van der Waals surface area contributed by atoms with Gasteiger partial charge >= 0.3 is 6.09 Å². The molecule has 0 aliphatic rings. The highest BCUT2D eigenvalue weighted by Crippen LogP contribution is 2.17. The van der Waals surface area contributed by atoms with E-state index in [1.54, 1.807) is 11.3 Å². The highest BCUT2D eigenvalue weighted by atomic mass is 32.1. The Balaban J connectivity index is 2.56. The zero-order valence-corrected chi connectivity index (χ0v) is 15.4. The number of ether oxygens (including phenoxy) is 1. The van der Waals surface area contributed by atoms with E-state index >= 15 is 0 Å². The average molecular weight is 327 g/mol. The quantitative estimate of drug-likeness (QED) is 0.803. The Kier molecular flexibility index (Phi) is 6.81. The lowest BCUT2D eigenvalue weighted by Gasteiger charge is -2.34. The molecule has 6 heteroatoms. The van der Waals surface area contributed by atoms with Gasteiger partial charge in [0.15, 0.2) is 0 Å². The smallest absolute Gasteiger partial charge is 0.408 e. The normalized spacial score (nSPS) is 12.3. The van der Waals surface area contributed by atoms with E-state index in [-0.39, 0.29) is 11.6 Å². The Morgan fingerprint density at radius 3 is 2.41 bits per heavy atom. The van der Waals surface area contributed by atoms with Crippen molar-refractivity contribution in [3.05, 3.63) is 16.1 Å². The first kappa shape index (κ1) is 18.9. The van der Waals surface area contributed by atoms with Crippen molar-refractivity contribution in [2.24, 2.45) is 0 Å². The predicted octanol–water partition coefficient (Wildman–Crippen LogP) is 3.62. The summed E-state index contributed by atoms with van der Waals surface area (Å²) in [7, 11) is 0. The molecular weight excluding hydrogens is 298 g/mol. The Morgan fingerprint density at radius 2 is 1.95 bits per heavy atom. The number of hydrogen-bond donors (Lipinski definition) is 2. The van der Waals surface area contributed by atoms with Crippen LogP contribution in [0.5, 0.6) is 0 Å². The topological polar surface area (TPSA) is 63.2 Å². The molecule has 0 aliphatic carbocycles.